The number of benzene rings is 2. The number of amides is 1. The number of hydrogen-bond donors (Lipinski definition) is 0. The average molecular weight is 432 g/mol. The number of nitrogens with zero attached hydrogens (tertiary/aromatic N) is 1. The summed E-state index contributed by atoms with van der Waals surface area (Å²) in [6, 6.07) is 12.8. The van der Waals surface area contributed by atoms with Crippen molar-refractivity contribution in [1.29, 1.82) is 0 Å². The van der Waals surface area contributed by atoms with Gasteiger partial charge >= 0.3 is 0 Å². The number of carbonyl (C=O) groups is 1. The van der Waals surface area contributed by atoms with Gasteiger partial charge in [0.05, 0.1) is 20.3 Å². The van der Waals surface area contributed by atoms with Gasteiger partial charge in [-0.15, -0.1) is 0 Å². The minimum Gasteiger partial charge on any atom is -0.493 e. The fourth-order valence-corrected chi connectivity index (χ4v) is 4.13. The third-order valence-electron chi connectivity index (χ3n) is 5.53. The molecule has 7 heteroatoms. The SMILES string of the molecule is COc1cc(C(=O)N2CCCC(C3OCCO3)C2)ccc1OCc1ccccc1Cl. The summed E-state index contributed by atoms with van der Waals surface area (Å²) in [6.45, 7) is 2.94. The first kappa shape index (κ1) is 21.0. The number of rotatable bonds is 6. The van der Waals surface area contributed by atoms with Crippen LogP contribution in [0.4, 0.5) is 0 Å². The first-order valence-corrected chi connectivity index (χ1v) is 10.6. The van der Waals surface area contributed by atoms with Crippen LogP contribution in [0.2, 0.25) is 5.02 Å². The Bertz CT molecular complexity index is 884. The second-order valence-corrected chi connectivity index (χ2v) is 7.92. The van der Waals surface area contributed by atoms with Crippen molar-refractivity contribution in [2.45, 2.75) is 25.7 Å². The molecule has 2 aromatic carbocycles. The maximum Gasteiger partial charge on any atom is 0.254 e. The van der Waals surface area contributed by atoms with Crippen LogP contribution in [0, 0.1) is 5.92 Å². The number of piperidine rings is 1. The van der Waals surface area contributed by atoms with Crippen LogP contribution < -0.4 is 9.47 Å². The lowest BCUT2D eigenvalue weighted by Crippen LogP contribution is -2.43. The monoisotopic (exact) mass is 431 g/mol. The van der Waals surface area contributed by atoms with E-state index in [1.807, 2.05) is 29.2 Å². The number of methoxy groups -OCH3 is 1. The molecule has 2 aromatic rings. The number of halogens is 1. The zero-order valence-electron chi connectivity index (χ0n) is 17.0. The predicted molar refractivity (Wildman–Crippen MR) is 113 cm³/mol. The molecule has 0 aliphatic carbocycles. The van der Waals surface area contributed by atoms with Gasteiger partial charge in [-0.05, 0) is 37.1 Å². The zero-order chi connectivity index (χ0) is 20.9. The predicted octanol–water partition coefficient (Wildman–Crippen LogP) is 4.15. The highest BCUT2D eigenvalue weighted by molar-refractivity contribution is 6.31. The molecular weight excluding hydrogens is 406 g/mol. The molecule has 1 amide bonds. The van der Waals surface area contributed by atoms with Crippen molar-refractivity contribution < 1.29 is 23.7 Å². The Morgan fingerprint density at radius 2 is 1.97 bits per heavy atom. The van der Waals surface area contributed by atoms with Gasteiger partial charge in [-0.25, -0.2) is 0 Å². The van der Waals surface area contributed by atoms with Crippen LogP contribution >= 0.6 is 11.6 Å². The summed E-state index contributed by atoms with van der Waals surface area (Å²) in [5.74, 6) is 1.28. The minimum atomic E-state index is -0.198. The number of carbonyl (C=O) groups excluding carboxylic acids is 1. The van der Waals surface area contributed by atoms with E-state index in [1.54, 1.807) is 25.3 Å². The van der Waals surface area contributed by atoms with Crippen LogP contribution in [0.25, 0.3) is 0 Å². The highest BCUT2D eigenvalue weighted by atomic mass is 35.5. The van der Waals surface area contributed by atoms with E-state index in [4.69, 9.17) is 30.5 Å². The highest BCUT2D eigenvalue weighted by Gasteiger charge is 2.33. The number of ether oxygens (including phenoxy) is 4. The summed E-state index contributed by atoms with van der Waals surface area (Å²) < 4.78 is 22.7. The van der Waals surface area contributed by atoms with Gasteiger partial charge in [0.15, 0.2) is 17.8 Å². The third-order valence-corrected chi connectivity index (χ3v) is 5.90. The van der Waals surface area contributed by atoms with Crippen molar-refractivity contribution >= 4 is 17.5 Å². The Balaban J connectivity index is 1.43. The quantitative estimate of drug-likeness (QED) is 0.687. The number of hydrogen-bond acceptors (Lipinski definition) is 5. The largest absolute Gasteiger partial charge is 0.493 e. The third kappa shape index (κ3) is 4.72. The Kier molecular flexibility index (Phi) is 6.77. The molecular formula is C23H26ClNO5. The normalized spacial score (nSPS) is 19.7. The molecule has 2 saturated heterocycles. The van der Waals surface area contributed by atoms with Crippen LogP contribution in [0.1, 0.15) is 28.8 Å². The van der Waals surface area contributed by atoms with E-state index in [0.29, 0.717) is 48.5 Å². The van der Waals surface area contributed by atoms with Crippen LogP contribution in [0.15, 0.2) is 42.5 Å². The maximum absolute atomic E-state index is 13.1. The van der Waals surface area contributed by atoms with E-state index >= 15 is 0 Å². The molecule has 160 valence electrons. The lowest BCUT2D eigenvalue weighted by Gasteiger charge is -2.34. The molecule has 2 aliphatic heterocycles. The Morgan fingerprint density at radius 1 is 1.17 bits per heavy atom. The lowest BCUT2D eigenvalue weighted by molar-refractivity contribution is -0.0969. The fraction of sp³-hybridized carbons (Fsp3) is 0.435. The van der Waals surface area contributed by atoms with Crippen molar-refractivity contribution in [2.75, 3.05) is 33.4 Å². The molecule has 30 heavy (non-hydrogen) atoms. The van der Waals surface area contributed by atoms with Crippen LogP contribution in [-0.2, 0) is 16.1 Å². The summed E-state index contributed by atoms with van der Waals surface area (Å²) >= 11 is 6.20. The van der Waals surface area contributed by atoms with Crippen LogP contribution in [0.3, 0.4) is 0 Å². The molecule has 2 fully saturated rings. The van der Waals surface area contributed by atoms with E-state index in [9.17, 15) is 4.79 Å². The lowest BCUT2D eigenvalue weighted by atomic mass is 9.96. The average Bonchev–Trinajstić information content (AvgIpc) is 3.33. The molecule has 0 aromatic heterocycles. The van der Waals surface area contributed by atoms with Gasteiger partial charge in [0.1, 0.15) is 6.61 Å². The van der Waals surface area contributed by atoms with Gasteiger partial charge in [0, 0.05) is 35.2 Å². The molecule has 2 heterocycles. The summed E-state index contributed by atoms with van der Waals surface area (Å²) in [6.07, 6.45) is 1.75. The summed E-state index contributed by atoms with van der Waals surface area (Å²) in [5, 5.41) is 0.651. The fourth-order valence-electron chi connectivity index (χ4n) is 3.94. The number of likely N-dealkylation sites (tertiary alicyclic amines) is 1. The van der Waals surface area contributed by atoms with E-state index in [0.717, 1.165) is 24.9 Å². The molecule has 2 aliphatic rings. The molecule has 1 atom stereocenters. The topological polar surface area (TPSA) is 57.2 Å². The van der Waals surface area contributed by atoms with E-state index < -0.39 is 0 Å². The van der Waals surface area contributed by atoms with Gasteiger partial charge in [-0.3, -0.25) is 4.79 Å². The van der Waals surface area contributed by atoms with E-state index in [-0.39, 0.29) is 18.1 Å². The van der Waals surface area contributed by atoms with Crippen LogP contribution in [-0.4, -0.2) is 50.5 Å². The molecule has 0 N–H and O–H groups in total. The standard InChI is InChI=1S/C23H26ClNO5/c1-27-21-13-16(8-9-20(21)30-15-18-5-2-3-7-19(18)24)22(26)25-10-4-6-17(14-25)23-28-11-12-29-23/h2-3,5,7-9,13,17,23H,4,6,10-12,14-15H2,1H3. The Labute approximate surface area is 181 Å². The second-order valence-electron chi connectivity index (χ2n) is 7.51. The van der Waals surface area contributed by atoms with Gasteiger partial charge in [0.25, 0.3) is 5.91 Å². The second kappa shape index (κ2) is 9.69. The molecule has 6 nitrogen and oxygen atoms in total. The highest BCUT2D eigenvalue weighted by Crippen LogP contribution is 2.31. The van der Waals surface area contributed by atoms with Crippen molar-refractivity contribution in [3.8, 4) is 11.5 Å². The van der Waals surface area contributed by atoms with Crippen LogP contribution in [0.5, 0.6) is 11.5 Å². The molecule has 4 rings (SSSR count). The summed E-state index contributed by atoms with van der Waals surface area (Å²) in [7, 11) is 1.57. The minimum absolute atomic E-state index is 0.0198. The Morgan fingerprint density at radius 3 is 2.73 bits per heavy atom. The smallest absolute Gasteiger partial charge is 0.254 e. The van der Waals surface area contributed by atoms with Gasteiger partial charge in [-0.1, -0.05) is 29.8 Å². The van der Waals surface area contributed by atoms with Crippen molar-refractivity contribution in [3.05, 3.63) is 58.6 Å². The van der Waals surface area contributed by atoms with Gasteiger partial charge in [0.2, 0.25) is 0 Å². The zero-order valence-corrected chi connectivity index (χ0v) is 17.8. The van der Waals surface area contributed by atoms with E-state index in [2.05, 4.69) is 0 Å². The summed E-state index contributed by atoms with van der Waals surface area (Å²) in [5.41, 5.74) is 1.46. The first-order chi connectivity index (χ1) is 14.7. The first-order valence-electron chi connectivity index (χ1n) is 10.2. The maximum atomic E-state index is 13.1. The van der Waals surface area contributed by atoms with E-state index in [1.165, 1.54) is 0 Å². The summed E-state index contributed by atoms with van der Waals surface area (Å²) in [4.78, 5) is 15.0. The van der Waals surface area contributed by atoms with Gasteiger partial charge in [-0.2, -0.15) is 0 Å². The molecule has 0 radical (unpaired) electrons. The van der Waals surface area contributed by atoms with Crippen molar-refractivity contribution in [2.24, 2.45) is 5.92 Å². The molecule has 0 saturated carbocycles. The molecule has 1 unspecified atom stereocenters. The van der Waals surface area contributed by atoms with Gasteiger partial charge < -0.3 is 23.8 Å². The van der Waals surface area contributed by atoms with Crippen molar-refractivity contribution in [1.82, 2.24) is 4.90 Å². The molecule has 0 spiro atoms. The molecule has 0 bridgehead atoms. The Hall–Kier alpha value is -2.28. The van der Waals surface area contributed by atoms with Crippen molar-refractivity contribution in [3.63, 3.8) is 0 Å².